The van der Waals surface area contributed by atoms with Gasteiger partial charge in [0.2, 0.25) is 0 Å². The molecule has 0 radical (unpaired) electrons. The van der Waals surface area contributed by atoms with Gasteiger partial charge in [0.25, 0.3) is 0 Å². The summed E-state index contributed by atoms with van der Waals surface area (Å²) in [5, 5.41) is 0. The zero-order valence-electron chi connectivity index (χ0n) is 13.2. The van der Waals surface area contributed by atoms with Crippen LogP contribution in [0.3, 0.4) is 0 Å². The van der Waals surface area contributed by atoms with Gasteiger partial charge in [-0.15, -0.1) is 0 Å². The molecule has 2 aromatic rings. The SMILES string of the molecule is CC(C)N(C)C(=O)OCC1c2ccccc2-c2ccccc21. The number of hydrogen-bond donors (Lipinski definition) is 0. The molecule has 0 atom stereocenters. The maximum absolute atomic E-state index is 12.1. The van der Waals surface area contributed by atoms with Crippen LogP contribution in [0.4, 0.5) is 4.79 Å². The van der Waals surface area contributed by atoms with E-state index < -0.39 is 0 Å². The highest BCUT2D eigenvalue weighted by Crippen LogP contribution is 2.44. The van der Waals surface area contributed by atoms with Crippen molar-refractivity contribution >= 4 is 6.09 Å². The lowest BCUT2D eigenvalue weighted by Crippen LogP contribution is -2.34. The van der Waals surface area contributed by atoms with Gasteiger partial charge in [-0.25, -0.2) is 4.79 Å². The van der Waals surface area contributed by atoms with E-state index in [-0.39, 0.29) is 18.1 Å². The van der Waals surface area contributed by atoms with Gasteiger partial charge in [0.05, 0.1) is 0 Å². The molecule has 0 saturated heterocycles. The number of amides is 1. The Morgan fingerprint density at radius 2 is 1.55 bits per heavy atom. The lowest BCUT2D eigenvalue weighted by atomic mass is 9.98. The van der Waals surface area contributed by atoms with Crippen molar-refractivity contribution in [3.8, 4) is 11.1 Å². The van der Waals surface area contributed by atoms with Gasteiger partial charge in [-0.05, 0) is 36.1 Å². The smallest absolute Gasteiger partial charge is 0.409 e. The average molecular weight is 295 g/mol. The van der Waals surface area contributed by atoms with Crippen molar-refractivity contribution in [1.29, 1.82) is 0 Å². The number of ether oxygens (including phenoxy) is 1. The third-order valence-corrected chi connectivity index (χ3v) is 4.40. The van der Waals surface area contributed by atoms with E-state index in [1.807, 2.05) is 26.0 Å². The fraction of sp³-hybridized carbons (Fsp3) is 0.316. The second-order valence-corrected chi connectivity index (χ2v) is 6.01. The van der Waals surface area contributed by atoms with Crippen LogP contribution < -0.4 is 0 Å². The second-order valence-electron chi connectivity index (χ2n) is 6.01. The molecule has 2 aromatic carbocycles. The quantitative estimate of drug-likeness (QED) is 0.846. The first-order valence-corrected chi connectivity index (χ1v) is 7.67. The van der Waals surface area contributed by atoms with E-state index in [2.05, 4.69) is 36.4 Å². The summed E-state index contributed by atoms with van der Waals surface area (Å²) in [6.45, 7) is 4.33. The topological polar surface area (TPSA) is 29.5 Å². The van der Waals surface area contributed by atoms with Crippen molar-refractivity contribution in [3.63, 3.8) is 0 Å². The largest absolute Gasteiger partial charge is 0.448 e. The minimum Gasteiger partial charge on any atom is -0.448 e. The molecule has 0 aliphatic heterocycles. The van der Waals surface area contributed by atoms with Gasteiger partial charge in [0, 0.05) is 19.0 Å². The van der Waals surface area contributed by atoms with Crippen LogP contribution in [0.2, 0.25) is 0 Å². The Morgan fingerprint density at radius 3 is 2.05 bits per heavy atom. The van der Waals surface area contributed by atoms with Gasteiger partial charge in [0.1, 0.15) is 6.61 Å². The fourth-order valence-corrected chi connectivity index (χ4v) is 2.91. The molecule has 1 aliphatic rings. The average Bonchev–Trinajstić information content (AvgIpc) is 2.86. The second kappa shape index (κ2) is 5.84. The van der Waals surface area contributed by atoms with Gasteiger partial charge in [-0.3, -0.25) is 0 Å². The number of carbonyl (C=O) groups is 1. The summed E-state index contributed by atoms with van der Waals surface area (Å²) >= 11 is 0. The molecule has 3 nitrogen and oxygen atoms in total. The number of rotatable bonds is 3. The van der Waals surface area contributed by atoms with Crippen LogP contribution in [0.1, 0.15) is 30.9 Å². The van der Waals surface area contributed by atoms with Crippen molar-refractivity contribution in [2.45, 2.75) is 25.8 Å². The highest BCUT2D eigenvalue weighted by atomic mass is 16.6. The Morgan fingerprint density at radius 1 is 1.05 bits per heavy atom. The van der Waals surface area contributed by atoms with Crippen molar-refractivity contribution in [2.75, 3.05) is 13.7 Å². The predicted molar refractivity (Wildman–Crippen MR) is 88.0 cm³/mol. The maximum atomic E-state index is 12.1. The summed E-state index contributed by atoms with van der Waals surface area (Å²) < 4.78 is 5.55. The Bertz CT molecular complexity index is 648. The van der Waals surface area contributed by atoms with Gasteiger partial charge in [-0.1, -0.05) is 48.5 Å². The van der Waals surface area contributed by atoms with Crippen molar-refractivity contribution in [2.24, 2.45) is 0 Å². The van der Waals surface area contributed by atoms with Crippen molar-refractivity contribution < 1.29 is 9.53 Å². The van der Waals surface area contributed by atoms with E-state index in [1.165, 1.54) is 22.3 Å². The normalized spacial score (nSPS) is 12.9. The standard InChI is InChI=1S/C19H21NO2/c1-13(2)20(3)19(21)22-12-18-16-10-6-4-8-14(16)15-9-5-7-11-17(15)18/h4-11,13,18H,12H2,1-3H3. The Labute approximate surface area is 131 Å². The van der Waals surface area contributed by atoms with Gasteiger partial charge in [0.15, 0.2) is 0 Å². The van der Waals surface area contributed by atoms with Crippen LogP contribution in [0.5, 0.6) is 0 Å². The van der Waals surface area contributed by atoms with E-state index in [0.29, 0.717) is 6.61 Å². The third kappa shape index (κ3) is 2.47. The first-order chi connectivity index (χ1) is 10.6. The lowest BCUT2D eigenvalue weighted by molar-refractivity contribution is 0.0995. The summed E-state index contributed by atoms with van der Waals surface area (Å²) in [5.74, 6) is 0.122. The van der Waals surface area contributed by atoms with Crippen molar-refractivity contribution in [3.05, 3.63) is 59.7 Å². The number of benzene rings is 2. The van der Waals surface area contributed by atoms with E-state index in [1.54, 1.807) is 11.9 Å². The van der Waals surface area contributed by atoms with Crippen molar-refractivity contribution in [1.82, 2.24) is 4.90 Å². The van der Waals surface area contributed by atoms with E-state index in [9.17, 15) is 4.79 Å². The minimum absolute atomic E-state index is 0.122. The minimum atomic E-state index is -0.267. The molecule has 0 spiro atoms. The summed E-state index contributed by atoms with van der Waals surface area (Å²) in [6.07, 6.45) is -0.267. The highest BCUT2D eigenvalue weighted by Gasteiger charge is 2.29. The summed E-state index contributed by atoms with van der Waals surface area (Å²) in [4.78, 5) is 13.7. The maximum Gasteiger partial charge on any atom is 0.409 e. The highest BCUT2D eigenvalue weighted by molar-refractivity contribution is 5.79. The molecule has 0 bridgehead atoms. The van der Waals surface area contributed by atoms with Gasteiger partial charge in [-0.2, -0.15) is 0 Å². The molecule has 0 N–H and O–H groups in total. The summed E-state index contributed by atoms with van der Waals surface area (Å²) in [6, 6.07) is 16.8. The van der Waals surface area contributed by atoms with Crippen LogP contribution in [0, 0.1) is 0 Å². The van der Waals surface area contributed by atoms with Crippen LogP contribution >= 0.6 is 0 Å². The monoisotopic (exact) mass is 295 g/mol. The molecule has 1 aliphatic carbocycles. The van der Waals surface area contributed by atoms with Gasteiger partial charge >= 0.3 is 6.09 Å². The van der Waals surface area contributed by atoms with Crippen LogP contribution in [0.15, 0.2) is 48.5 Å². The molecule has 0 unspecified atom stereocenters. The Balaban J connectivity index is 1.84. The molecule has 3 heteroatoms. The molecule has 0 heterocycles. The predicted octanol–water partition coefficient (Wildman–Crippen LogP) is 4.28. The van der Waals surface area contributed by atoms with Crippen LogP contribution in [-0.4, -0.2) is 30.7 Å². The molecule has 114 valence electrons. The molecule has 3 rings (SSSR count). The number of hydrogen-bond acceptors (Lipinski definition) is 2. The number of fused-ring (bicyclic) bond motifs is 3. The van der Waals surface area contributed by atoms with E-state index >= 15 is 0 Å². The molecule has 1 amide bonds. The molecule has 0 aromatic heterocycles. The molecule has 0 fully saturated rings. The first kappa shape index (κ1) is 14.6. The number of carbonyl (C=O) groups excluding carboxylic acids is 1. The van der Waals surface area contributed by atoms with E-state index in [4.69, 9.17) is 4.74 Å². The summed E-state index contributed by atoms with van der Waals surface area (Å²) in [7, 11) is 1.77. The zero-order chi connectivity index (χ0) is 15.7. The van der Waals surface area contributed by atoms with Gasteiger partial charge < -0.3 is 9.64 Å². The molecular weight excluding hydrogens is 274 g/mol. The lowest BCUT2D eigenvalue weighted by Gasteiger charge is -2.22. The molecular formula is C19H21NO2. The summed E-state index contributed by atoms with van der Waals surface area (Å²) in [5.41, 5.74) is 4.97. The van der Waals surface area contributed by atoms with Crippen LogP contribution in [-0.2, 0) is 4.74 Å². The Hall–Kier alpha value is -2.29. The zero-order valence-corrected chi connectivity index (χ0v) is 13.2. The fourth-order valence-electron chi connectivity index (χ4n) is 2.91. The van der Waals surface area contributed by atoms with E-state index in [0.717, 1.165) is 0 Å². The number of nitrogens with zero attached hydrogens (tertiary/aromatic N) is 1. The first-order valence-electron chi connectivity index (χ1n) is 7.67. The molecule has 22 heavy (non-hydrogen) atoms. The van der Waals surface area contributed by atoms with Crippen LogP contribution in [0.25, 0.3) is 11.1 Å². The third-order valence-electron chi connectivity index (χ3n) is 4.40. The molecule has 0 saturated carbocycles. The Kier molecular flexibility index (Phi) is 3.88.